The van der Waals surface area contributed by atoms with Crippen LogP contribution < -0.4 is 11.1 Å². The van der Waals surface area contributed by atoms with E-state index in [1.807, 2.05) is 42.5 Å². The van der Waals surface area contributed by atoms with Crippen molar-refractivity contribution in [1.82, 2.24) is 25.2 Å². The Bertz CT molecular complexity index is 995. The Morgan fingerprint density at radius 1 is 0.960 bits per heavy atom. The van der Waals surface area contributed by atoms with Crippen molar-refractivity contribution in [3.8, 4) is 16.4 Å². The molecule has 0 radical (unpaired) electrons. The molecule has 0 amide bonds. The second-order valence-corrected chi connectivity index (χ2v) is 6.53. The number of rotatable bonds is 4. The first-order valence-corrected chi connectivity index (χ1v) is 8.53. The third-order valence-electron chi connectivity index (χ3n) is 3.43. The van der Waals surface area contributed by atoms with Crippen LogP contribution in [0.5, 0.6) is 0 Å². The summed E-state index contributed by atoms with van der Waals surface area (Å²) in [5, 5.41) is 21.6. The second-order valence-electron chi connectivity index (χ2n) is 5.11. The molecule has 0 saturated carbocycles. The van der Waals surface area contributed by atoms with Gasteiger partial charge >= 0.3 is 0 Å². The van der Waals surface area contributed by atoms with Gasteiger partial charge in [0.2, 0.25) is 5.13 Å². The van der Waals surface area contributed by atoms with Crippen molar-refractivity contribution in [1.29, 1.82) is 0 Å². The molecule has 124 valence electrons. The highest BCUT2D eigenvalue weighted by molar-refractivity contribution is 7.18. The predicted octanol–water partition coefficient (Wildman–Crippen LogP) is 3.77. The van der Waals surface area contributed by atoms with Crippen LogP contribution in [0.2, 0.25) is 5.02 Å². The third-order valence-corrected chi connectivity index (χ3v) is 4.53. The molecule has 2 aromatic carbocycles. The summed E-state index contributed by atoms with van der Waals surface area (Å²) in [6, 6.07) is 16.9. The van der Waals surface area contributed by atoms with Gasteiger partial charge in [0.25, 0.3) is 0 Å². The molecular formula is C16H12ClN7S. The van der Waals surface area contributed by atoms with E-state index in [1.165, 1.54) is 16.0 Å². The molecule has 0 aliphatic rings. The SMILES string of the molecule is Nc1c(-c2nnc(Nc3ccccc3)s2)nnn1-c1ccc(Cl)cc1. The van der Waals surface area contributed by atoms with Crippen LogP contribution in [0.15, 0.2) is 54.6 Å². The maximum absolute atomic E-state index is 6.19. The molecule has 0 saturated heterocycles. The van der Waals surface area contributed by atoms with E-state index >= 15 is 0 Å². The summed E-state index contributed by atoms with van der Waals surface area (Å²) in [5.41, 5.74) is 8.39. The number of hydrogen-bond donors (Lipinski definition) is 2. The van der Waals surface area contributed by atoms with Crippen LogP contribution in [0.1, 0.15) is 0 Å². The van der Waals surface area contributed by atoms with Crippen LogP contribution in [-0.4, -0.2) is 25.2 Å². The Morgan fingerprint density at radius 3 is 2.48 bits per heavy atom. The van der Waals surface area contributed by atoms with Crippen LogP contribution in [0.3, 0.4) is 0 Å². The van der Waals surface area contributed by atoms with Gasteiger partial charge in [0.1, 0.15) is 0 Å². The molecule has 25 heavy (non-hydrogen) atoms. The lowest BCUT2D eigenvalue weighted by Gasteiger charge is -2.02. The predicted molar refractivity (Wildman–Crippen MR) is 99.4 cm³/mol. The van der Waals surface area contributed by atoms with Crippen LogP contribution in [0, 0.1) is 0 Å². The second kappa shape index (κ2) is 6.50. The number of nitrogen functional groups attached to an aromatic ring is 1. The van der Waals surface area contributed by atoms with Crippen LogP contribution in [0.25, 0.3) is 16.4 Å². The van der Waals surface area contributed by atoms with Gasteiger partial charge < -0.3 is 11.1 Å². The zero-order valence-corrected chi connectivity index (χ0v) is 14.4. The molecule has 2 heterocycles. The molecular weight excluding hydrogens is 358 g/mol. The Kier molecular flexibility index (Phi) is 4.04. The number of hydrogen-bond acceptors (Lipinski definition) is 7. The molecule has 2 aromatic heterocycles. The maximum atomic E-state index is 6.19. The molecule has 7 nitrogen and oxygen atoms in total. The van der Waals surface area contributed by atoms with Gasteiger partial charge in [-0.25, -0.2) is 0 Å². The fourth-order valence-corrected chi connectivity index (χ4v) is 3.11. The van der Waals surface area contributed by atoms with Crippen molar-refractivity contribution in [2.75, 3.05) is 11.1 Å². The van der Waals surface area contributed by atoms with Crippen LogP contribution in [0.4, 0.5) is 16.6 Å². The van der Waals surface area contributed by atoms with E-state index in [0.29, 0.717) is 26.7 Å². The average Bonchev–Trinajstić information content (AvgIpc) is 3.23. The van der Waals surface area contributed by atoms with Gasteiger partial charge in [0, 0.05) is 10.7 Å². The first-order valence-electron chi connectivity index (χ1n) is 7.34. The van der Waals surface area contributed by atoms with Gasteiger partial charge in [-0.15, -0.1) is 15.3 Å². The number of nitrogens with one attached hydrogen (secondary N) is 1. The van der Waals surface area contributed by atoms with Crippen molar-refractivity contribution in [2.24, 2.45) is 0 Å². The molecule has 0 aliphatic carbocycles. The van der Waals surface area contributed by atoms with E-state index in [2.05, 4.69) is 25.8 Å². The fourth-order valence-electron chi connectivity index (χ4n) is 2.23. The summed E-state index contributed by atoms with van der Waals surface area (Å²) < 4.78 is 1.54. The lowest BCUT2D eigenvalue weighted by Crippen LogP contribution is -2.02. The standard InChI is InChI=1S/C16H12ClN7S/c17-10-6-8-12(9-7-10)24-14(18)13(20-23-24)15-21-22-16(25-15)19-11-4-2-1-3-5-11/h1-9H,18H2,(H,19,22). The van der Waals surface area contributed by atoms with Crippen molar-refractivity contribution in [2.45, 2.75) is 0 Å². The van der Waals surface area contributed by atoms with Crippen molar-refractivity contribution in [3.05, 3.63) is 59.6 Å². The third kappa shape index (κ3) is 3.17. The summed E-state index contributed by atoms with van der Waals surface area (Å²) in [6.07, 6.45) is 0. The van der Waals surface area contributed by atoms with Crippen molar-refractivity contribution < 1.29 is 0 Å². The Hall–Kier alpha value is -2.97. The molecule has 0 spiro atoms. The summed E-state index contributed by atoms with van der Waals surface area (Å²) in [4.78, 5) is 0. The Labute approximate surface area is 152 Å². The van der Waals surface area contributed by atoms with Gasteiger partial charge in [-0.2, -0.15) is 4.68 Å². The maximum Gasteiger partial charge on any atom is 0.210 e. The van der Waals surface area contributed by atoms with Gasteiger partial charge in [-0.1, -0.05) is 46.4 Å². The summed E-state index contributed by atoms with van der Waals surface area (Å²) in [6.45, 7) is 0. The van der Waals surface area contributed by atoms with Gasteiger partial charge in [-0.05, 0) is 36.4 Å². The number of nitrogens with two attached hydrogens (primary N) is 1. The number of anilines is 3. The van der Waals surface area contributed by atoms with Crippen LogP contribution >= 0.6 is 22.9 Å². The Balaban J connectivity index is 1.62. The van der Waals surface area contributed by atoms with E-state index in [1.54, 1.807) is 12.1 Å². The van der Waals surface area contributed by atoms with Gasteiger partial charge in [0.15, 0.2) is 16.5 Å². The first-order chi connectivity index (χ1) is 12.2. The zero-order valence-electron chi connectivity index (χ0n) is 12.8. The number of halogens is 1. The monoisotopic (exact) mass is 369 g/mol. The summed E-state index contributed by atoms with van der Waals surface area (Å²) >= 11 is 7.26. The Morgan fingerprint density at radius 2 is 1.72 bits per heavy atom. The normalized spacial score (nSPS) is 10.8. The molecule has 4 rings (SSSR count). The number of benzene rings is 2. The molecule has 3 N–H and O–H groups in total. The molecule has 4 aromatic rings. The molecule has 0 atom stereocenters. The largest absolute Gasteiger partial charge is 0.382 e. The van der Waals surface area contributed by atoms with Gasteiger partial charge in [-0.3, -0.25) is 0 Å². The molecule has 0 bridgehead atoms. The lowest BCUT2D eigenvalue weighted by atomic mass is 10.3. The summed E-state index contributed by atoms with van der Waals surface area (Å²) in [7, 11) is 0. The zero-order chi connectivity index (χ0) is 17.2. The minimum absolute atomic E-state index is 0.393. The molecule has 0 aliphatic heterocycles. The van der Waals surface area contributed by atoms with E-state index in [0.717, 1.165) is 11.4 Å². The quantitative estimate of drug-likeness (QED) is 0.568. The van der Waals surface area contributed by atoms with Crippen molar-refractivity contribution >= 4 is 39.6 Å². The number of aromatic nitrogens is 5. The highest BCUT2D eigenvalue weighted by atomic mass is 35.5. The van der Waals surface area contributed by atoms with Crippen molar-refractivity contribution in [3.63, 3.8) is 0 Å². The molecule has 9 heteroatoms. The fraction of sp³-hybridized carbons (Fsp3) is 0. The highest BCUT2D eigenvalue weighted by Gasteiger charge is 2.17. The molecule has 0 fully saturated rings. The molecule has 0 unspecified atom stereocenters. The highest BCUT2D eigenvalue weighted by Crippen LogP contribution is 2.31. The average molecular weight is 370 g/mol. The number of para-hydroxylation sites is 1. The van der Waals surface area contributed by atoms with E-state index < -0.39 is 0 Å². The summed E-state index contributed by atoms with van der Waals surface area (Å²) in [5.74, 6) is 0.393. The topological polar surface area (TPSA) is 94.5 Å². The van der Waals surface area contributed by atoms with E-state index in [9.17, 15) is 0 Å². The minimum Gasteiger partial charge on any atom is -0.382 e. The van der Waals surface area contributed by atoms with Gasteiger partial charge in [0.05, 0.1) is 5.69 Å². The lowest BCUT2D eigenvalue weighted by molar-refractivity contribution is 0.810. The van der Waals surface area contributed by atoms with E-state index in [-0.39, 0.29) is 0 Å². The van der Waals surface area contributed by atoms with Crippen LogP contribution in [-0.2, 0) is 0 Å². The number of nitrogens with zero attached hydrogens (tertiary/aromatic N) is 5. The first kappa shape index (κ1) is 15.6. The smallest absolute Gasteiger partial charge is 0.210 e. The minimum atomic E-state index is 0.393. The van der Waals surface area contributed by atoms with E-state index in [4.69, 9.17) is 17.3 Å².